The van der Waals surface area contributed by atoms with E-state index in [1.807, 2.05) is 29.7 Å². The van der Waals surface area contributed by atoms with Gasteiger partial charge in [-0.15, -0.1) is 0 Å². The zero-order valence-corrected chi connectivity index (χ0v) is 18.3. The van der Waals surface area contributed by atoms with E-state index in [-0.39, 0.29) is 30.0 Å². The average Bonchev–Trinajstić information content (AvgIpc) is 3.59. The Morgan fingerprint density at radius 2 is 2.12 bits per heavy atom. The molecule has 12 heteroatoms. The predicted molar refractivity (Wildman–Crippen MR) is 121 cm³/mol. The van der Waals surface area contributed by atoms with Crippen LogP contribution in [-0.2, 0) is 0 Å². The van der Waals surface area contributed by atoms with E-state index >= 15 is 0 Å². The number of hydrogen-bond acceptors (Lipinski definition) is 8. The van der Waals surface area contributed by atoms with Crippen molar-refractivity contribution in [1.82, 2.24) is 34.6 Å². The van der Waals surface area contributed by atoms with Gasteiger partial charge in [0.1, 0.15) is 17.6 Å². The molecule has 4 aromatic rings. The third kappa shape index (κ3) is 3.78. The number of hydrogen-bond donors (Lipinski definition) is 3. The number of nitrogen functional groups attached to an aromatic ring is 1. The van der Waals surface area contributed by atoms with Crippen LogP contribution in [0.4, 0.5) is 10.6 Å². The zero-order chi connectivity index (χ0) is 23.8. The molecular formula is C22H22N8O4. The van der Waals surface area contributed by atoms with Gasteiger partial charge in [-0.3, -0.25) is 4.79 Å². The lowest BCUT2D eigenvalue weighted by Crippen LogP contribution is -2.42. The Morgan fingerprint density at radius 3 is 2.88 bits per heavy atom. The molecule has 0 aliphatic carbocycles. The van der Waals surface area contributed by atoms with Gasteiger partial charge in [0, 0.05) is 36.7 Å². The lowest BCUT2D eigenvalue weighted by Gasteiger charge is -2.21. The van der Waals surface area contributed by atoms with Crippen molar-refractivity contribution < 1.29 is 19.1 Å². The molecule has 12 nitrogen and oxygen atoms in total. The number of aromatic nitrogens is 5. The van der Waals surface area contributed by atoms with Crippen LogP contribution in [0.25, 0.3) is 28.5 Å². The summed E-state index contributed by atoms with van der Waals surface area (Å²) in [4.78, 5) is 43.1. The van der Waals surface area contributed by atoms with Crippen LogP contribution in [0.1, 0.15) is 29.0 Å². The third-order valence-corrected chi connectivity index (χ3v) is 5.86. The number of carbonyl (C=O) groups excluding carboxylic acids is 1. The number of imidazole rings is 1. The van der Waals surface area contributed by atoms with Crippen LogP contribution >= 0.6 is 0 Å². The van der Waals surface area contributed by atoms with Gasteiger partial charge in [0.15, 0.2) is 17.2 Å². The fraction of sp³-hybridized carbons (Fsp3) is 0.273. The highest BCUT2D eigenvalue weighted by Gasteiger charge is 2.29. The van der Waals surface area contributed by atoms with E-state index in [2.05, 4.69) is 25.3 Å². The molecule has 0 unspecified atom stereocenters. The molecule has 4 aromatic heterocycles. The number of amides is 2. The number of aryl methyl sites for hydroxylation is 1. The Balaban J connectivity index is 1.51. The summed E-state index contributed by atoms with van der Waals surface area (Å²) in [6.07, 6.45) is 6.92. The van der Waals surface area contributed by atoms with Gasteiger partial charge in [0.05, 0.1) is 12.2 Å². The lowest BCUT2D eigenvalue weighted by molar-refractivity contribution is 0.0930. The molecule has 1 atom stereocenters. The molecule has 1 saturated heterocycles. The maximum atomic E-state index is 13.0. The summed E-state index contributed by atoms with van der Waals surface area (Å²) < 4.78 is 7.33. The van der Waals surface area contributed by atoms with Crippen molar-refractivity contribution in [3.05, 3.63) is 48.4 Å². The van der Waals surface area contributed by atoms with Crippen molar-refractivity contribution in [2.75, 3.05) is 18.8 Å². The van der Waals surface area contributed by atoms with Crippen molar-refractivity contribution in [2.45, 2.75) is 25.8 Å². The number of anilines is 1. The molecule has 174 valence electrons. The van der Waals surface area contributed by atoms with Crippen LogP contribution in [-0.4, -0.2) is 65.5 Å². The largest absolute Gasteiger partial charge is 0.465 e. The first-order valence-corrected chi connectivity index (χ1v) is 10.7. The minimum absolute atomic E-state index is 0.0624. The van der Waals surface area contributed by atoms with E-state index in [0.717, 1.165) is 17.8 Å². The fourth-order valence-electron chi connectivity index (χ4n) is 4.14. The zero-order valence-electron chi connectivity index (χ0n) is 18.3. The van der Waals surface area contributed by atoms with Gasteiger partial charge < -0.3 is 29.9 Å². The molecule has 1 fully saturated rings. The Labute approximate surface area is 193 Å². The molecule has 0 aromatic carbocycles. The molecule has 0 saturated carbocycles. The van der Waals surface area contributed by atoms with Gasteiger partial charge in [-0.2, -0.15) is 0 Å². The summed E-state index contributed by atoms with van der Waals surface area (Å²) in [6.45, 7) is 2.53. The van der Waals surface area contributed by atoms with Crippen LogP contribution in [0.3, 0.4) is 0 Å². The van der Waals surface area contributed by atoms with E-state index in [4.69, 9.17) is 10.2 Å². The molecule has 1 aliphatic rings. The number of likely N-dealkylation sites (tertiary alicyclic amines) is 1. The number of nitrogens with two attached hydrogens (primary N) is 1. The number of nitrogens with zero attached hydrogens (tertiary/aromatic N) is 6. The number of fused-ring (bicyclic) bond motifs is 1. The third-order valence-electron chi connectivity index (χ3n) is 5.86. The molecule has 0 bridgehead atoms. The van der Waals surface area contributed by atoms with Gasteiger partial charge in [-0.05, 0) is 31.9 Å². The molecule has 2 amide bonds. The average molecular weight is 462 g/mol. The Morgan fingerprint density at radius 1 is 1.26 bits per heavy atom. The van der Waals surface area contributed by atoms with Crippen LogP contribution in [0.15, 0.2) is 41.4 Å². The maximum absolute atomic E-state index is 13.0. The molecule has 0 spiro atoms. The first-order chi connectivity index (χ1) is 16.4. The first kappa shape index (κ1) is 21.4. The van der Waals surface area contributed by atoms with Crippen LogP contribution in [0.5, 0.6) is 0 Å². The highest BCUT2D eigenvalue weighted by molar-refractivity contribution is 5.97. The molecule has 1 aliphatic heterocycles. The van der Waals surface area contributed by atoms with E-state index < -0.39 is 12.0 Å². The van der Waals surface area contributed by atoms with Crippen molar-refractivity contribution >= 4 is 23.5 Å². The Hall–Kier alpha value is -4.48. The van der Waals surface area contributed by atoms with Gasteiger partial charge in [0.2, 0.25) is 5.89 Å². The molecule has 5 rings (SSSR count). The van der Waals surface area contributed by atoms with Gasteiger partial charge >= 0.3 is 6.09 Å². The number of nitrogens with one attached hydrogen (secondary N) is 1. The summed E-state index contributed by atoms with van der Waals surface area (Å²) in [5, 5.41) is 12.1. The number of carboxylic acid groups (broad SMARTS) is 1. The van der Waals surface area contributed by atoms with E-state index in [0.29, 0.717) is 29.9 Å². The van der Waals surface area contributed by atoms with Gasteiger partial charge in [-0.1, -0.05) is 0 Å². The molecular weight excluding hydrogens is 440 g/mol. The first-order valence-electron chi connectivity index (χ1n) is 10.7. The number of carbonyl (C=O) groups is 2. The van der Waals surface area contributed by atoms with Gasteiger partial charge in [-0.25, -0.2) is 24.7 Å². The maximum Gasteiger partial charge on any atom is 0.407 e. The summed E-state index contributed by atoms with van der Waals surface area (Å²) >= 11 is 0. The molecule has 5 heterocycles. The standard InChI is InChI=1S/C22H22N8O4/c1-12-9-25-15-5-4-13(11-30(12)15)16-17(21-24-6-8-34-21)28-19(23)18(27-16)20(31)26-10-14-3-2-7-29(14)22(32)33/h4-6,8-9,11,14H,2-3,7,10H2,1H3,(H2,23,28)(H,26,31)(H,32,33)/t14-/m0/s1. The number of pyridine rings is 1. The van der Waals surface area contributed by atoms with Crippen LogP contribution in [0.2, 0.25) is 0 Å². The quantitative estimate of drug-likeness (QED) is 0.403. The van der Waals surface area contributed by atoms with Crippen molar-refractivity contribution in [1.29, 1.82) is 0 Å². The lowest BCUT2D eigenvalue weighted by atomic mass is 10.1. The summed E-state index contributed by atoms with van der Waals surface area (Å²) in [6, 6.07) is 3.35. The smallest absolute Gasteiger partial charge is 0.407 e. The minimum atomic E-state index is -1.00. The number of rotatable bonds is 5. The van der Waals surface area contributed by atoms with Gasteiger partial charge in [0.25, 0.3) is 5.91 Å². The topological polar surface area (TPSA) is 165 Å². The monoisotopic (exact) mass is 462 g/mol. The van der Waals surface area contributed by atoms with E-state index in [9.17, 15) is 14.7 Å². The highest BCUT2D eigenvalue weighted by Crippen LogP contribution is 2.30. The summed E-state index contributed by atoms with van der Waals surface area (Å²) in [7, 11) is 0. The normalized spacial score (nSPS) is 15.7. The summed E-state index contributed by atoms with van der Waals surface area (Å²) in [5.41, 5.74) is 9.06. The van der Waals surface area contributed by atoms with Crippen LogP contribution in [0, 0.1) is 6.92 Å². The SMILES string of the molecule is Cc1cnc2ccc(-c3nc(C(=O)NC[C@@H]4CCCN4C(=O)O)c(N)nc3-c3ncco3)cn12. The number of oxazole rings is 1. The van der Waals surface area contributed by atoms with Crippen molar-refractivity contribution in [2.24, 2.45) is 0 Å². The molecule has 4 N–H and O–H groups in total. The fourth-order valence-corrected chi connectivity index (χ4v) is 4.14. The van der Waals surface area contributed by atoms with E-state index in [1.54, 1.807) is 6.20 Å². The second-order valence-corrected chi connectivity index (χ2v) is 8.02. The summed E-state index contributed by atoms with van der Waals surface area (Å²) in [5.74, 6) is -0.412. The second kappa shape index (κ2) is 8.46. The van der Waals surface area contributed by atoms with E-state index in [1.165, 1.54) is 17.4 Å². The van der Waals surface area contributed by atoms with Crippen molar-refractivity contribution in [3.8, 4) is 22.8 Å². The second-order valence-electron chi connectivity index (χ2n) is 8.02. The van der Waals surface area contributed by atoms with Crippen LogP contribution < -0.4 is 11.1 Å². The minimum Gasteiger partial charge on any atom is -0.465 e. The predicted octanol–water partition coefficient (Wildman–Crippen LogP) is 2.21. The molecule has 34 heavy (non-hydrogen) atoms. The highest BCUT2D eigenvalue weighted by atomic mass is 16.4. The van der Waals surface area contributed by atoms with Crippen molar-refractivity contribution in [3.63, 3.8) is 0 Å². The Kier molecular flexibility index (Phi) is 5.32. The Bertz CT molecular complexity index is 1380. The molecule has 0 radical (unpaired) electrons.